The van der Waals surface area contributed by atoms with Crippen LogP contribution in [0, 0.1) is 0 Å². The van der Waals surface area contributed by atoms with Crippen LogP contribution in [-0.2, 0) is 24.4 Å². The number of ether oxygens (including phenoxy) is 1. The molecular weight excluding hydrogens is 266 g/mol. The van der Waals surface area contributed by atoms with E-state index in [2.05, 4.69) is 5.32 Å². The molecule has 1 aliphatic rings. The summed E-state index contributed by atoms with van der Waals surface area (Å²) in [4.78, 5) is 12.2. The summed E-state index contributed by atoms with van der Waals surface area (Å²) < 4.78 is 5.35. The molecule has 2 aromatic rings. The van der Waals surface area contributed by atoms with Gasteiger partial charge in [-0.05, 0) is 47.4 Å². The van der Waals surface area contributed by atoms with Crippen molar-refractivity contribution in [2.24, 2.45) is 0 Å². The molecule has 4 heteroatoms. The molecule has 21 heavy (non-hydrogen) atoms. The Hall–Kier alpha value is -2.17. The van der Waals surface area contributed by atoms with Crippen LogP contribution in [0.15, 0.2) is 42.5 Å². The van der Waals surface area contributed by atoms with E-state index in [1.54, 1.807) is 0 Å². The van der Waals surface area contributed by atoms with Crippen molar-refractivity contribution >= 4 is 11.6 Å². The first kappa shape index (κ1) is 13.8. The first-order valence-electron chi connectivity index (χ1n) is 6.97. The Bertz CT molecular complexity index is 650. The fourth-order valence-electron chi connectivity index (χ4n) is 2.40. The summed E-state index contributed by atoms with van der Waals surface area (Å²) in [5.41, 5.74) is 4.67. The van der Waals surface area contributed by atoms with Gasteiger partial charge in [0.05, 0.1) is 13.2 Å². The molecule has 0 spiro atoms. The number of carbonyl (C=O) groups is 1. The van der Waals surface area contributed by atoms with Gasteiger partial charge >= 0.3 is 0 Å². The Morgan fingerprint density at radius 2 is 1.86 bits per heavy atom. The van der Waals surface area contributed by atoms with Gasteiger partial charge in [0.25, 0.3) is 5.91 Å². The Morgan fingerprint density at radius 3 is 2.62 bits per heavy atom. The molecule has 1 heterocycles. The number of amides is 1. The quantitative estimate of drug-likeness (QED) is 0.906. The smallest absolute Gasteiger partial charge is 0.255 e. The van der Waals surface area contributed by atoms with E-state index in [1.165, 1.54) is 0 Å². The van der Waals surface area contributed by atoms with Crippen LogP contribution < -0.4 is 5.32 Å². The van der Waals surface area contributed by atoms with Gasteiger partial charge in [0, 0.05) is 17.9 Å². The van der Waals surface area contributed by atoms with E-state index in [0.29, 0.717) is 25.2 Å². The molecule has 4 nitrogen and oxygen atoms in total. The zero-order valence-corrected chi connectivity index (χ0v) is 11.6. The standard InChI is InChI=1S/C17H17NO3/c19-8-7-12-1-5-16(6-2-12)18-17(20)13-3-4-14-10-21-11-15(14)9-13/h1-6,9,19H,7-8,10-11H2,(H,18,20). The van der Waals surface area contributed by atoms with Crippen LogP contribution in [0.3, 0.4) is 0 Å². The third-order valence-electron chi connectivity index (χ3n) is 3.60. The second kappa shape index (κ2) is 6.08. The lowest BCUT2D eigenvalue weighted by Gasteiger charge is -2.07. The first-order valence-corrected chi connectivity index (χ1v) is 6.97. The van der Waals surface area contributed by atoms with Crippen molar-refractivity contribution in [3.63, 3.8) is 0 Å². The lowest BCUT2D eigenvalue weighted by molar-refractivity contribution is 0.102. The lowest BCUT2D eigenvalue weighted by Crippen LogP contribution is -2.12. The molecule has 0 aromatic heterocycles. The van der Waals surface area contributed by atoms with Crippen LogP contribution in [0.4, 0.5) is 5.69 Å². The van der Waals surface area contributed by atoms with Gasteiger partial charge in [0.2, 0.25) is 0 Å². The Kier molecular flexibility index (Phi) is 3.99. The maximum atomic E-state index is 12.2. The molecule has 2 aromatic carbocycles. The molecule has 0 saturated heterocycles. The zero-order valence-electron chi connectivity index (χ0n) is 11.6. The van der Waals surface area contributed by atoms with Gasteiger partial charge in [-0.2, -0.15) is 0 Å². The van der Waals surface area contributed by atoms with Gasteiger partial charge in [-0.15, -0.1) is 0 Å². The molecule has 0 fully saturated rings. The summed E-state index contributed by atoms with van der Waals surface area (Å²) in [6.07, 6.45) is 0.624. The van der Waals surface area contributed by atoms with Crippen molar-refractivity contribution in [2.45, 2.75) is 19.6 Å². The number of anilines is 1. The van der Waals surface area contributed by atoms with Gasteiger partial charge in [0.1, 0.15) is 0 Å². The van der Waals surface area contributed by atoms with Crippen molar-refractivity contribution in [1.82, 2.24) is 0 Å². The molecule has 2 N–H and O–H groups in total. The number of aliphatic hydroxyl groups excluding tert-OH is 1. The van der Waals surface area contributed by atoms with Gasteiger partial charge < -0.3 is 15.2 Å². The molecule has 0 atom stereocenters. The topological polar surface area (TPSA) is 58.6 Å². The lowest BCUT2D eigenvalue weighted by atomic mass is 10.1. The minimum absolute atomic E-state index is 0.125. The number of fused-ring (bicyclic) bond motifs is 1. The van der Waals surface area contributed by atoms with E-state index in [9.17, 15) is 4.79 Å². The number of aliphatic hydroxyl groups is 1. The monoisotopic (exact) mass is 283 g/mol. The SMILES string of the molecule is O=C(Nc1ccc(CCO)cc1)c1ccc2c(c1)COC2. The molecule has 0 bridgehead atoms. The third kappa shape index (κ3) is 3.12. The maximum absolute atomic E-state index is 12.2. The van der Waals surface area contributed by atoms with E-state index >= 15 is 0 Å². The second-order valence-electron chi connectivity index (χ2n) is 5.10. The fourth-order valence-corrected chi connectivity index (χ4v) is 2.40. The highest BCUT2D eigenvalue weighted by atomic mass is 16.5. The normalized spacial score (nSPS) is 13.0. The van der Waals surface area contributed by atoms with Crippen molar-refractivity contribution in [2.75, 3.05) is 11.9 Å². The summed E-state index contributed by atoms with van der Waals surface area (Å²) >= 11 is 0. The van der Waals surface area contributed by atoms with Crippen LogP contribution in [0.25, 0.3) is 0 Å². The largest absolute Gasteiger partial charge is 0.396 e. The van der Waals surface area contributed by atoms with Gasteiger partial charge in [-0.3, -0.25) is 4.79 Å². The van der Waals surface area contributed by atoms with Crippen molar-refractivity contribution < 1.29 is 14.6 Å². The third-order valence-corrected chi connectivity index (χ3v) is 3.60. The molecule has 0 saturated carbocycles. The highest BCUT2D eigenvalue weighted by Crippen LogP contribution is 2.21. The van der Waals surface area contributed by atoms with E-state index in [0.717, 1.165) is 22.4 Å². The van der Waals surface area contributed by atoms with Crippen LogP contribution in [-0.4, -0.2) is 17.6 Å². The highest BCUT2D eigenvalue weighted by molar-refractivity contribution is 6.04. The molecule has 0 radical (unpaired) electrons. The Morgan fingerprint density at radius 1 is 1.10 bits per heavy atom. The number of carbonyl (C=O) groups excluding carboxylic acids is 1. The average Bonchev–Trinajstić information content (AvgIpc) is 2.97. The number of benzene rings is 2. The Labute approximate surface area is 123 Å². The second-order valence-corrected chi connectivity index (χ2v) is 5.10. The van der Waals surface area contributed by atoms with Gasteiger partial charge in [-0.1, -0.05) is 18.2 Å². The number of hydrogen-bond donors (Lipinski definition) is 2. The number of nitrogens with one attached hydrogen (secondary N) is 1. The molecular formula is C17H17NO3. The summed E-state index contributed by atoms with van der Waals surface area (Å²) in [7, 11) is 0. The highest BCUT2D eigenvalue weighted by Gasteiger charge is 2.14. The van der Waals surface area contributed by atoms with Crippen molar-refractivity contribution in [3.8, 4) is 0 Å². The molecule has 108 valence electrons. The van der Waals surface area contributed by atoms with E-state index in [4.69, 9.17) is 9.84 Å². The van der Waals surface area contributed by atoms with E-state index in [1.807, 2.05) is 42.5 Å². The number of hydrogen-bond acceptors (Lipinski definition) is 3. The minimum atomic E-state index is -0.125. The molecule has 3 rings (SSSR count). The van der Waals surface area contributed by atoms with Crippen molar-refractivity contribution in [1.29, 1.82) is 0 Å². The zero-order chi connectivity index (χ0) is 14.7. The molecule has 1 aliphatic heterocycles. The van der Waals surface area contributed by atoms with E-state index < -0.39 is 0 Å². The van der Waals surface area contributed by atoms with Gasteiger partial charge in [0.15, 0.2) is 0 Å². The van der Waals surface area contributed by atoms with Crippen LogP contribution in [0.1, 0.15) is 27.0 Å². The summed E-state index contributed by atoms with van der Waals surface area (Å²) in [5.74, 6) is -0.125. The maximum Gasteiger partial charge on any atom is 0.255 e. The predicted molar refractivity (Wildman–Crippen MR) is 80.1 cm³/mol. The van der Waals surface area contributed by atoms with Crippen LogP contribution in [0.5, 0.6) is 0 Å². The number of rotatable bonds is 4. The van der Waals surface area contributed by atoms with Gasteiger partial charge in [-0.25, -0.2) is 0 Å². The molecule has 0 aliphatic carbocycles. The summed E-state index contributed by atoms with van der Waals surface area (Å²) in [5, 5.41) is 11.8. The molecule has 1 amide bonds. The first-order chi connectivity index (χ1) is 10.3. The summed E-state index contributed by atoms with van der Waals surface area (Å²) in [6.45, 7) is 1.33. The minimum Gasteiger partial charge on any atom is -0.396 e. The van der Waals surface area contributed by atoms with Crippen LogP contribution in [0.2, 0.25) is 0 Å². The molecule has 0 unspecified atom stereocenters. The predicted octanol–water partition coefficient (Wildman–Crippen LogP) is 2.50. The Balaban J connectivity index is 1.71. The van der Waals surface area contributed by atoms with Crippen LogP contribution >= 0.6 is 0 Å². The fraction of sp³-hybridized carbons (Fsp3) is 0.235. The average molecular weight is 283 g/mol. The summed E-state index contributed by atoms with van der Waals surface area (Å²) in [6, 6.07) is 13.2. The van der Waals surface area contributed by atoms with Crippen molar-refractivity contribution in [3.05, 3.63) is 64.7 Å². The van der Waals surface area contributed by atoms with E-state index in [-0.39, 0.29) is 12.5 Å².